The first-order chi connectivity index (χ1) is 7.22. The zero-order chi connectivity index (χ0) is 11.1. The van der Waals surface area contributed by atoms with Gasteiger partial charge in [-0.1, -0.05) is 23.8 Å². The topological polar surface area (TPSA) is 85.5 Å². The zero-order valence-corrected chi connectivity index (χ0v) is 9.12. The first kappa shape index (κ1) is 12.0. The number of carboxylic acid groups (broad SMARTS) is 1. The Morgan fingerprint density at radius 2 is 2.47 bits per heavy atom. The van der Waals surface area contributed by atoms with Gasteiger partial charge in [0.05, 0.1) is 0 Å². The van der Waals surface area contributed by atoms with Crippen LogP contribution in [0.15, 0.2) is 9.75 Å². The number of rotatable bonds is 7. The summed E-state index contributed by atoms with van der Waals surface area (Å²) in [5, 5.41) is 12.3. The molecule has 0 atom stereocenters. The first-order valence-corrected chi connectivity index (χ1v) is 5.46. The highest BCUT2D eigenvalue weighted by atomic mass is 32.2. The van der Waals surface area contributed by atoms with Gasteiger partial charge in [0.2, 0.25) is 0 Å². The Morgan fingerprint density at radius 3 is 3.13 bits per heavy atom. The molecule has 0 spiro atoms. The standard InChI is InChI=1S/C8H12N2O4S/c1-2-3-13-4-6-9-8(14-10-6)15-5-7(11)12/h2-5H2,1H3,(H,11,12). The van der Waals surface area contributed by atoms with E-state index in [1.807, 2.05) is 6.92 Å². The van der Waals surface area contributed by atoms with E-state index < -0.39 is 5.97 Å². The van der Waals surface area contributed by atoms with E-state index in [4.69, 9.17) is 14.4 Å². The van der Waals surface area contributed by atoms with Crippen LogP contribution in [0.2, 0.25) is 0 Å². The third-order valence-corrected chi connectivity index (χ3v) is 2.15. The van der Waals surface area contributed by atoms with Crippen LogP contribution >= 0.6 is 11.8 Å². The normalized spacial score (nSPS) is 10.5. The molecule has 1 rings (SSSR count). The molecule has 0 fully saturated rings. The lowest BCUT2D eigenvalue weighted by molar-refractivity contribution is -0.133. The van der Waals surface area contributed by atoms with E-state index in [1.165, 1.54) is 0 Å². The molecule has 6 nitrogen and oxygen atoms in total. The molecule has 1 heterocycles. The molecule has 0 bridgehead atoms. The minimum Gasteiger partial charge on any atom is -0.481 e. The largest absolute Gasteiger partial charge is 0.481 e. The Kier molecular flexibility index (Phi) is 5.13. The van der Waals surface area contributed by atoms with Crippen LogP contribution < -0.4 is 0 Å². The van der Waals surface area contributed by atoms with Gasteiger partial charge < -0.3 is 14.4 Å². The van der Waals surface area contributed by atoms with Gasteiger partial charge in [-0.15, -0.1) is 0 Å². The average molecular weight is 232 g/mol. The summed E-state index contributed by atoms with van der Waals surface area (Å²) in [6, 6.07) is 0. The van der Waals surface area contributed by atoms with Crippen LogP contribution in [0.4, 0.5) is 0 Å². The van der Waals surface area contributed by atoms with Gasteiger partial charge in [-0.2, -0.15) is 4.98 Å². The van der Waals surface area contributed by atoms with Gasteiger partial charge in [-0.25, -0.2) is 0 Å². The smallest absolute Gasteiger partial charge is 0.314 e. The molecule has 0 unspecified atom stereocenters. The molecule has 0 saturated heterocycles. The van der Waals surface area contributed by atoms with Crippen molar-refractivity contribution >= 4 is 17.7 Å². The molecule has 0 aliphatic carbocycles. The Balaban J connectivity index is 2.32. The molecule has 1 N–H and O–H groups in total. The second kappa shape index (κ2) is 6.41. The molecule has 1 aromatic heterocycles. The van der Waals surface area contributed by atoms with Crippen LogP contribution in [-0.2, 0) is 16.1 Å². The molecular formula is C8H12N2O4S. The van der Waals surface area contributed by atoms with Crippen LogP contribution in [0.3, 0.4) is 0 Å². The summed E-state index contributed by atoms with van der Waals surface area (Å²) in [6.45, 7) is 2.95. The highest BCUT2D eigenvalue weighted by Crippen LogP contribution is 2.14. The number of hydrogen-bond donors (Lipinski definition) is 1. The van der Waals surface area contributed by atoms with Gasteiger partial charge in [-0.05, 0) is 6.42 Å². The lowest BCUT2D eigenvalue weighted by Gasteiger charge is -1.95. The maximum absolute atomic E-state index is 10.3. The minimum atomic E-state index is -0.915. The second-order valence-electron chi connectivity index (χ2n) is 2.71. The second-order valence-corrected chi connectivity index (χ2v) is 3.64. The zero-order valence-electron chi connectivity index (χ0n) is 8.30. The van der Waals surface area contributed by atoms with Crippen LogP contribution in [0.1, 0.15) is 19.2 Å². The molecule has 0 aliphatic heterocycles. The summed E-state index contributed by atoms with van der Waals surface area (Å²) in [5.74, 6) is -0.560. The number of ether oxygens (including phenoxy) is 1. The third kappa shape index (κ3) is 4.80. The van der Waals surface area contributed by atoms with Gasteiger partial charge in [0.15, 0.2) is 5.82 Å². The number of nitrogens with zero attached hydrogens (tertiary/aromatic N) is 2. The van der Waals surface area contributed by atoms with Crippen molar-refractivity contribution in [3.63, 3.8) is 0 Å². The predicted molar refractivity (Wildman–Crippen MR) is 52.6 cm³/mol. The number of hydrogen-bond acceptors (Lipinski definition) is 6. The molecular weight excluding hydrogens is 220 g/mol. The van der Waals surface area contributed by atoms with Gasteiger partial charge >= 0.3 is 5.97 Å². The Hall–Kier alpha value is -1.08. The fraction of sp³-hybridized carbons (Fsp3) is 0.625. The SMILES string of the molecule is CCCOCc1noc(SCC(=O)O)n1. The first-order valence-electron chi connectivity index (χ1n) is 4.47. The van der Waals surface area contributed by atoms with E-state index in [0.29, 0.717) is 19.0 Å². The van der Waals surface area contributed by atoms with E-state index in [-0.39, 0.29) is 11.0 Å². The van der Waals surface area contributed by atoms with Crippen LogP contribution in [0, 0.1) is 0 Å². The molecule has 1 aromatic rings. The van der Waals surface area contributed by atoms with Crippen molar-refractivity contribution in [3.8, 4) is 0 Å². The monoisotopic (exact) mass is 232 g/mol. The molecule has 0 radical (unpaired) electrons. The van der Waals surface area contributed by atoms with Crippen molar-refractivity contribution in [2.24, 2.45) is 0 Å². The fourth-order valence-corrected chi connectivity index (χ4v) is 1.29. The third-order valence-electron chi connectivity index (χ3n) is 1.35. The number of aromatic nitrogens is 2. The summed E-state index contributed by atoms with van der Waals surface area (Å²) >= 11 is 0.993. The highest BCUT2D eigenvalue weighted by Gasteiger charge is 2.08. The molecule has 0 aromatic carbocycles. The van der Waals surface area contributed by atoms with Crippen molar-refractivity contribution in [1.82, 2.24) is 10.1 Å². The van der Waals surface area contributed by atoms with E-state index in [2.05, 4.69) is 10.1 Å². The molecule has 15 heavy (non-hydrogen) atoms. The Labute approximate surface area is 91.0 Å². The van der Waals surface area contributed by atoms with Crippen molar-refractivity contribution in [3.05, 3.63) is 5.82 Å². The van der Waals surface area contributed by atoms with Crippen molar-refractivity contribution in [1.29, 1.82) is 0 Å². The summed E-state index contributed by atoms with van der Waals surface area (Å²) in [6.07, 6.45) is 0.929. The molecule has 7 heteroatoms. The Morgan fingerprint density at radius 1 is 1.67 bits per heavy atom. The Bertz CT molecular complexity index is 315. The lowest BCUT2D eigenvalue weighted by Crippen LogP contribution is -1.98. The molecule has 84 valence electrons. The average Bonchev–Trinajstić information content (AvgIpc) is 2.63. The van der Waals surface area contributed by atoms with Gasteiger partial charge in [0.25, 0.3) is 5.22 Å². The van der Waals surface area contributed by atoms with E-state index in [0.717, 1.165) is 18.2 Å². The summed E-state index contributed by atoms with van der Waals surface area (Å²) in [4.78, 5) is 14.2. The number of carboxylic acids is 1. The number of aliphatic carboxylic acids is 1. The minimum absolute atomic E-state index is 0.0859. The van der Waals surface area contributed by atoms with Crippen LogP contribution in [0.5, 0.6) is 0 Å². The van der Waals surface area contributed by atoms with Gasteiger partial charge in [0, 0.05) is 6.61 Å². The van der Waals surface area contributed by atoms with E-state index >= 15 is 0 Å². The number of thioether (sulfide) groups is 1. The van der Waals surface area contributed by atoms with Crippen LogP contribution in [0.25, 0.3) is 0 Å². The van der Waals surface area contributed by atoms with Crippen LogP contribution in [-0.4, -0.2) is 33.6 Å². The molecule has 0 aliphatic rings. The summed E-state index contributed by atoms with van der Waals surface area (Å²) in [7, 11) is 0. The summed E-state index contributed by atoms with van der Waals surface area (Å²) < 4.78 is 10.0. The molecule has 0 amide bonds. The maximum atomic E-state index is 10.3. The van der Waals surface area contributed by atoms with Crippen molar-refractivity contribution in [2.45, 2.75) is 25.2 Å². The fourth-order valence-electron chi connectivity index (χ4n) is 0.786. The summed E-state index contributed by atoms with van der Waals surface area (Å²) in [5.41, 5.74) is 0. The maximum Gasteiger partial charge on any atom is 0.314 e. The number of carbonyl (C=O) groups is 1. The lowest BCUT2D eigenvalue weighted by atomic mass is 10.5. The quantitative estimate of drug-likeness (QED) is 0.557. The van der Waals surface area contributed by atoms with Crippen molar-refractivity contribution in [2.75, 3.05) is 12.4 Å². The van der Waals surface area contributed by atoms with Gasteiger partial charge in [0.1, 0.15) is 12.4 Å². The van der Waals surface area contributed by atoms with Crippen molar-refractivity contribution < 1.29 is 19.2 Å². The van der Waals surface area contributed by atoms with E-state index in [1.54, 1.807) is 0 Å². The van der Waals surface area contributed by atoms with Gasteiger partial charge in [-0.3, -0.25) is 4.79 Å². The predicted octanol–water partition coefficient (Wildman–Crippen LogP) is 1.17. The molecule has 0 saturated carbocycles. The van der Waals surface area contributed by atoms with E-state index in [9.17, 15) is 4.79 Å². The highest BCUT2D eigenvalue weighted by molar-refractivity contribution is 7.99.